The predicted molar refractivity (Wildman–Crippen MR) is 118 cm³/mol. The molecule has 0 atom stereocenters. The van der Waals surface area contributed by atoms with Gasteiger partial charge in [0, 0.05) is 25.2 Å². The summed E-state index contributed by atoms with van der Waals surface area (Å²) in [4.78, 5) is 16.5. The second-order valence-corrected chi connectivity index (χ2v) is 7.39. The second-order valence-electron chi connectivity index (χ2n) is 7.39. The van der Waals surface area contributed by atoms with Gasteiger partial charge in [0.15, 0.2) is 17.3 Å². The van der Waals surface area contributed by atoms with E-state index < -0.39 is 0 Å². The summed E-state index contributed by atoms with van der Waals surface area (Å²) >= 11 is 0. The first-order chi connectivity index (χ1) is 14.1. The molecule has 0 spiro atoms. The average Bonchev–Trinajstić information content (AvgIpc) is 2.75. The van der Waals surface area contributed by atoms with E-state index in [0.29, 0.717) is 5.56 Å². The van der Waals surface area contributed by atoms with Crippen LogP contribution in [0, 0.1) is 0 Å². The van der Waals surface area contributed by atoms with Crippen molar-refractivity contribution in [2.75, 3.05) is 31.1 Å². The lowest BCUT2D eigenvalue weighted by molar-refractivity contribution is 0.0824. The van der Waals surface area contributed by atoms with E-state index in [4.69, 9.17) is 4.74 Å². The Morgan fingerprint density at radius 1 is 1.07 bits per heavy atom. The number of hydrogen-bond acceptors (Lipinski definition) is 5. The zero-order chi connectivity index (χ0) is 20.8. The lowest BCUT2D eigenvalue weighted by atomic mass is 10.1. The van der Waals surface area contributed by atoms with E-state index >= 15 is 0 Å². The molecule has 4 rings (SSSR count). The molecule has 1 N–H and O–H groups in total. The fourth-order valence-corrected chi connectivity index (χ4v) is 3.88. The van der Waals surface area contributed by atoms with Gasteiger partial charge in [0.1, 0.15) is 0 Å². The third-order valence-electron chi connectivity index (χ3n) is 5.45. The summed E-state index contributed by atoms with van der Waals surface area (Å²) in [6.45, 7) is 11.4. The fourth-order valence-electron chi connectivity index (χ4n) is 3.88. The standard InChI is InChI=1S/C22H26N2O3.C2H4/c1-16(25)17-7-8-22-20(15-17)24(19-5-2-3-6-21(19)27-22)12-4-11-23-13-9-18(26)10-14-23;1-2/h2-3,5-8,15,18,26H,4,9-14H2,1H3;1-2H2. The largest absolute Gasteiger partial charge is 0.453 e. The van der Waals surface area contributed by atoms with E-state index in [1.165, 1.54) is 0 Å². The van der Waals surface area contributed by atoms with Gasteiger partial charge in [-0.1, -0.05) is 12.1 Å². The van der Waals surface area contributed by atoms with Crippen LogP contribution in [0.4, 0.5) is 11.4 Å². The highest BCUT2D eigenvalue weighted by atomic mass is 16.5. The third kappa shape index (κ3) is 4.86. The molecule has 0 unspecified atom stereocenters. The number of carbonyl (C=O) groups is 1. The number of aliphatic hydroxyl groups is 1. The number of likely N-dealkylation sites (tertiary alicyclic amines) is 1. The predicted octanol–water partition coefficient (Wildman–Crippen LogP) is 4.78. The molecule has 0 aliphatic carbocycles. The van der Waals surface area contributed by atoms with E-state index in [1.807, 2.05) is 36.4 Å². The first kappa shape index (κ1) is 21.1. The Hall–Kier alpha value is -2.63. The highest BCUT2D eigenvalue weighted by molar-refractivity contribution is 5.96. The van der Waals surface area contributed by atoms with E-state index in [2.05, 4.69) is 29.0 Å². The monoisotopic (exact) mass is 394 g/mol. The Labute approximate surface area is 173 Å². The van der Waals surface area contributed by atoms with Crippen LogP contribution in [0.15, 0.2) is 55.6 Å². The molecule has 5 nitrogen and oxygen atoms in total. The van der Waals surface area contributed by atoms with Crippen LogP contribution in [0.1, 0.15) is 36.5 Å². The Morgan fingerprint density at radius 2 is 1.76 bits per heavy atom. The molecule has 2 aromatic carbocycles. The Morgan fingerprint density at radius 3 is 2.48 bits per heavy atom. The van der Waals surface area contributed by atoms with Crippen LogP contribution in [0.3, 0.4) is 0 Å². The molecule has 0 radical (unpaired) electrons. The maximum Gasteiger partial charge on any atom is 0.159 e. The second kappa shape index (κ2) is 9.72. The van der Waals surface area contributed by atoms with Crippen molar-refractivity contribution in [1.29, 1.82) is 0 Å². The number of hydrogen-bond donors (Lipinski definition) is 1. The number of fused-ring (bicyclic) bond motifs is 2. The molecule has 2 aliphatic heterocycles. The van der Waals surface area contributed by atoms with Gasteiger partial charge in [-0.25, -0.2) is 0 Å². The number of anilines is 2. The van der Waals surface area contributed by atoms with Gasteiger partial charge < -0.3 is 19.6 Å². The molecule has 154 valence electrons. The Bertz CT molecular complexity index is 844. The van der Waals surface area contributed by atoms with Crippen LogP contribution >= 0.6 is 0 Å². The van der Waals surface area contributed by atoms with Gasteiger partial charge in [0.25, 0.3) is 0 Å². The zero-order valence-electron chi connectivity index (χ0n) is 17.1. The average molecular weight is 395 g/mol. The van der Waals surface area contributed by atoms with Crippen LogP contribution in [0.5, 0.6) is 11.5 Å². The number of aliphatic hydroxyl groups excluding tert-OH is 1. The summed E-state index contributed by atoms with van der Waals surface area (Å²) in [5.74, 6) is 1.70. The minimum Gasteiger partial charge on any atom is -0.453 e. The first-order valence-corrected chi connectivity index (χ1v) is 10.2. The van der Waals surface area contributed by atoms with E-state index in [-0.39, 0.29) is 11.9 Å². The zero-order valence-corrected chi connectivity index (χ0v) is 17.1. The van der Waals surface area contributed by atoms with Crippen LogP contribution < -0.4 is 9.64 Å². The molecule has 1 saturated heterocycles. The molecule has 0 saturated carbocycles. The molecule has 29 heavy (non-hydrogen) atoms. The van der Waals surface area contributed by atoms with Gasteiger partial charge in [-0.05, 0) is 63.1 Å². The molecule has 5 heteroatoms. The van der Waals surface area contributed by atoms with Crippen LogP contribution in [-0.2, 0) is 0 Å². The molecule has 0 amide bonds. The van der Waals surface area contributed by atoms with Crippen molar-refractivity contribution in [2.45, 2.75) is 32.3 Å². The summed E-state index contributed by atoms with van der Waals surface area (Å²) < 4.78 is 6.06. The fraction of sp³-hybridized carbons (Fsp3) is 0.375. The molecule has 2 heterocycles. The molecule has 2 aromatic rings. The minimum absolute atomic E-state index is 0.0588. The number of ketones is 1. The number of Topliss-reactive ketones (excluding diaryl/α,β-unsaturated/α-hetero) is 1. The normalized spacial score (nSPS) is 16.1. The summed E-state index contributed by atoms with van der Waals surface area (Å²) in [5.41, 5.74) is 2.70. The van der Waals surface area contributed by atoms with Crippen molar-refractivity contribution < 1.29 is 14.6 Å². The maximum absolute atomic E-state index is 11.8. The van der Waals surface area contributed by atoms with Gasteiger partial charge in [-0.2, -0.15) is 0 Å². The number of piperidine rings is 1. The van der Waals surface area contributed by atoms with Gasteiger partial charge in [-0.15, -0.1) is 13.2 Å². The molecular weight excluding hydrogens is 364 g/mol. The Balaban J connectivity index is 0.00000117. The summed E-state index contributed by atoms with van der Waals surface area (Å²) in [6, 6.07) is 13.7. The quantitative estimate of drug-likeness (QED) is 0.584. The number of benzene rings is 2. The van der Waals surface area contributed by atoms with Crippen LogP contribution in [0.2, 0.25) is 0 Å². The summed E-state index contributed by atoms with van der Waals surface area (Å²) in [5, 5.41) is 9.67. The first-order valence-electron chi connectivity index (χ1n) is 10.2. The van der Waals surface area contributed by atoms with Crippen molar-refractivity contribution in [3.8, 4) is 11.5 Å². The van der Waals surface area contributed by atoms with E-state index in [0.717, 1.165) is 68.3 Å². The number of para-hydroxylation sites is 2. The highest BCUT2D eigenvalue weighted by Gasteiger charge is 2.25. The number of ether oxygens (including phenoxy) is 1. The van der Waals surface area contributed by atoms with Crippen LogP contribution in [0.25, 0.3) is 0 Å². The maximum atomic E-state index is 11.8. The third-order valence-corrected chi connectivity index (χ3v) is 5.45. The number of carbonyl (C=O) groups excluding carboxylic acids is 1. The SMILES string of the molecule is C=C.CC(=O)c1ccc2c(c1)N(CCCN1CCC(O)CC1)c1ccccc1O2. The van der Waals surface area contributed by atoms with Gasteiger partial charge in [0.05, 0.1) is 17.5 Å². The molecule has 0 bridgehead atoms. The Kier molecular flexibility index (Phi) is 7.07. The number of nitrogens with zero attached hydrogens (tertiary/aromatic N) is 2. The molecule has 0 aromatic heterocycles. The van der Waals surface area contributed by atoms with Gasteiger partial charge in [-0.3, -0.25) is 4.79 Å². The van der Waals surface area contributed by atoms with Gasteiger partial charge >= 0.3 is 0 Å². The van der Waals surface area contributed by atoms with E-state index in [1.54, 1.807) is 6.92 Å². The van der Waals surface area contributed by atoms with Crippen molar-refractivity contribution in [3.63, 3.8) is 0 Å². The lowest BCUT2D eigenvalue weighted by Crippen LogP contribution is -2.37. The smallest absolute Gasteiger partial charge is 0.159 e. The highest BCUT2D eigenvalue weighted by Crippen LogP contribution is 2.46. The lowest BCUT2D eigenvalue weighted by Gasteiger charge is -2.34. The number of rotatable bonds is 5. The van der Waals surface area contributed by atoms with Crippen molar-refractivity contribution in [1.82, 2.24) is 4.90 Å². The molecule has 1 fully saturated rings. The van der Waals surface area contributed by atoms with Crippen molar-refractivity contribution >= 4 is 17.2 Å². The molecular formula is C24H30N2O3. The van der Waals surface area contributed by atoms with Gasteiger partial charge in [0.2, 0.25) is 0 Å². The van der Waals surface area contributed by atoms with Crippen LogP contribution in [-0.4, -0.2) is 48.1 Å². The summed E-state index contributed by atoms with van der Waals surface area (Å²) in [7, 11) is 0. The van der Waals surface area contributed by atoms with Crippen molar-refractivity contribution in [2.24, 2.45) is 0 Å². The van der Waals surface area contributed by atoms with Crippen molar-refractivity contribution in [3.05, 3.63) is 61.2 Å². The molecule has 2 aliphatic rings. The van der Waals surface area contributed by atoms with E-state index in [9.17, 15) is 9.90 Å². The summed E-state index contributed by atoms with van der Waals surface area (Å²) in [6.07, 6.45) is 2.61. The topological polar surface area (TPSA) is 53.0 Å². The minimum atomic E-state index is -0.135.